The summed E-state index contributed by atoms with van der Waals surface area (Å²) in [5, 5.41) is 3.08. The summed E-state index contributed by atoms with van der Waals surface area (Å²) in [6.45, 7) is 7.02. The van der Waals surface area contributed by atoms with Crippen molar-refractivity contribution in [1.29, 1.82) is 0 Å². The van der Waals surface area contributed by atoms with Gasteiger partial charge in [0.05, 0.1) is 12.3 Å². The zero-order valence-corrected chi connectivity index (χ0v) is 15.2. The number of aliphatic imine (C=N–C) groups is 1. The molecule has 1 heterocycles. The van der Waals surface area contributed by atoms with Crippen molar-refractivity contribution < 1.29 is 4.74 Å². The molecular formula is C20H31N3O. The third-order valence-corrected chi connectivity index (χ3v) is 4.38. The van der Waals surface area contributed by atoms with E-state index in [0.29, 0.717) is 5.92 Å². The van der Waals surface area contributed by atoms with Gasteiger partial charge < -0.3 is 10.1 Å². The maximum atomic E-state index is 5.95. The molecule has 2 atom stereocenters. The van der Waals surface area contributed by atoms with Crippen molar-refractivity contribution in [3.05, 3.63) is 47.9 Å². The van der Waals surface area contributed by atoms with Crippen molar-refractivity contribution >= 4 is 5.71 Å². The topological polar surface area (TPSA) is 59.6 Å². The highest BCUT2D eigenvalue weighted by Crippen LogP contribution is 2.32. The first-order valence-corrected chi connectivity index (χ1v) is 8.99. The Labute approximate surface area is 146 Å². The van der Waals surface area contributed by atoms with E-state index < -0.39 is 6.29 Å². The Morgan fingerprint density at radius 1 is 1.46 bits per heavy atom. The Morgan fingerprint density at radius 3 is 2.92 bits per heavy atom. The Bertz CT molecular complexity index is 553. The second-order valence-electron chi connectivity index (χ2n) is 6.87. The van der Waals surface area contributed by atoms with E-state index >= 15 is 0 Å². The quantitative estimate of drug-likeness (QED) is 0.661. The fourth-order valence-corrected chi connectivity index (χ4v) is 2.91. The van der Waals surface area contributed by atoms with Gasteiger partial charge in [-0.3, -0.25) is 5.73 Å². The highest BCUT2D eigenvalue weighted by Gasteiger charge is 2.20. The van der Waals surface area contributed by atoms with Gasteiger partial charge in [0.15, 0.2) is 12.2 Å². The van der Waals surface area contributed by atoms with Gasteiger partial charge in [-0.25, -0.2) is 4.99 Å². The molecule has 1 fully saturated rings. The van der Waals surface area contributed by atoms with E-state index in [1.807, 2.05) is 50.3 Å². The van der Waals surface area contributed by atoms with E-state index in [-0.39, 0.29) is 0 Å². The number of nitrogens with one attached hydrogen (secondary N) is 1. The van der Waals surface area contributed by atoms with Gasteiger partial charge in [-0.15, -0.1) is 0 Å². The summed E-state index contributed by atoms with van der Waals surface area (Å²) in [4.78, 5) is 4.40. The molecule has 0 aromatic heterocycles. The molecule has 0 bridgehead atoms. The molecule has 3 N–H and O–H groups in total. The summed E-state index contributed by atoms with van der Waals surface area (Å²) in [5.74, 6) is 2.19. The lowest BCUT2D eigenvalue weighted by Gasteiger charge is -2.28. The average molecular weight is 329 g/mol. The molecule has 4 nitrogen and oxygen atoms in total. The van der Waals surface area contributed by atoms with Crippen LogP contribution in [0.5, 0.6) is 0 Å². The van der Waals surface area contributed by atoms with Gasteiger partial charge in [-0.1, -0.05) is 50.5 Å². The molecule has 132 valence electrons. The number of hydrogen-bond donors (Lipinski definition) is 2. The molecule has 24 heavy (non-hydrogen) atoms. The smallest absolute Gasteiger partial charge is 0.191 e. The number of allylic oxidation sites excluding steroid dienone is 7. The minimum Gasteiger partial charge on any atom is -0.479 e. The lowest BCUT2D eigenvalue weighted by atomic mass is 9.79. The van der Waals surface area contributed by atoms with Crippen LogP contribution in [0, 0.1) is 11.8 Å². The SMILES string of the molecule is C/C=C/C=C\C(C)=C\C1=NC(N)NC(OCC(C)CC2CCC2)=C1. The Balaban J connectivity index is 1.89. The van der Waals surface area contributed by atoms with Crippen LogP contribution in [0.3, 0.4) is 0 Å². The lowest BCUT2D eigenvalue weighted by Crippen LogP contribution is -2.39. The molecule has 0 spiro atoms. The normalized spacial score (nSPS) is 23.7. The first kappa shape index (κ1) is 18.5. The molecule has 0 aromatic rings. The van der Waals surface area contributed by atoms with Crippen LogP contribution in [0.2, 0.25) is 0 Å². The monoisotopic (exact) mass is 329 g/mol. The standard InChI is InChI=1S/C20H31N3O/c1-4-5-6-8-15(2)12-18-13-19(23-20(21)22-18)24-14-16(3)11-17-9-7-10-17/h4-6,8,12-13,16-17,20,23H,7,9-11,14,21H2,1-3H3/b5-4+,8-6-,15-12+. The highest BCUT2D eigenvalue weighted by molar-refractivity contribution is 6.05. The van der Waals surface area contributed by atoms with E-state index in [0.717, 1.165) is 29.7 Å². The lowest BCUT2D eigenvalue weighted by molar-refractivity contribution is 0.126. The average Bonchev–Trinajstić information content (AvgIpc) is 2.48. The second kappa shape index (κ2) is 9.48. The van der Waals surface area contributed by atoms with Crippen LogP contribution in [0.25, 0.3) is 0 Å². The maximum absolute atomic E-state index is 5.95. The van der Waals surface area contributed by atoms with Crippen molar-refractivity contribution in [1.82, 2.24) is 5.32 Å². The summed E-state index contributed by atoms with van der Waals surface area (Å²) in [6.07, 6.45) is 17.0. The minimum absolute atomic E-state index is 0.453. The molecule has 1 aliphatic carbocycles. The van der Waals surface area contributed by atoms with Gasteiger partial charge in [-0.05, 0) is 43.8 Å². The van der Waals surface area contributed by atoms with Gasteiger partial charge in [-0.2, -0.15) is 0 Å². The zero-order chi connectivity index (χ0) is 17.4. The van der Waals surface area contributed by atoms with E-state index in [2.05, 4.69) is 17.2 Å². The third-order valence-electron chi connectivity index (χ3n) is 4.38. The van der Waals surface area contributed by atoms with Crippen LogP contribution in [0.4, 0.5) is 0 Å². The first-order valence-electron chi connectivity index (χ1n) is 8.99. The number of rotatable bonds is 8. The Kier molecular flexibility index (Phi) is 7.32. The predicted octanol–water partition coefficient (Wildman–Crippen LogP) is 4.04. The van der Waals surface area contributed by atoms with Gasteiger partial charge in [0, 0.05) is 6.08 Å². The van der Waals surface area contributed by atoms with Gasteiger partial charge in [0.1, 0.15) is 0 Å². The van der Waals surface area contributed by atoms with E-state index in [4.69, 9.17) is 10.5 Å². The van der Waals surface area contributed by atoms with Crippen molar-refractivity contribution in [2.75, 3.05) is 6.61 Å². The number of hydrogen-bond acceptors (Lipinski definition) is 4. The van der Waals surface area contributed by atoms with Crippen LogP contribution in [-0.4, -0.2) is 18.6 Å². The van der Waals surface area contributed by atoms with Crippen LogP contribution in [0.15, 0.2) is 52.9 Å². The summed E-state index contributed by atoms with van der Waals surface area (Å²) in [6, 6.07) is 0. The summed E-state index contributed by atoms with van der Waals surface area (Å²) in [5.41, 5.74) is 7.91. The van der Waals surface area contributed by atoms with Crippen LogP contribution < -0.4 is 11.1 Å². The van der Waals surface area contributed by atoms with Gasteiger partial charge in [0.2, 0.25) is 0 Å². The fraction of sp³-hybridized carbons (Fsp3) is 0.550. The first-order chi connectivity index (χ1) is 11.6. The van der Waals surface area contributed by atoms with Crippen LogP contribution >= 0.6 is 0 Å². The van der Waals surface area contributed by atoms with E-state index in [9.17, 15) is 0 Å². The zero-order valence-electron chi connectivity index (χ0n) is 15.2. The molecule has 0 radical (unpaired) electrons. The molecular weight excluding hydrogens is 298 g/mol. The Morgan fingerprint density at radius 2 is 2.25 bits per heavy atom. The Hall–Kier alpha value is -1.81. The molecule has 1 aliphatic heterocycles. The van der Waals surface area contributed by atoms with E-state index in [1.54, 1.807) is 0 Å². The molecule has 2 unspecified atom stereocenters. The highest BCUT2D eigenvalue weighted by atomic mass is 16.5. The minimum atomic E-state index is -0.453. The van der Waals surface area contributed by atoms with Crippen LogP contribution in [-0.2, 0) is 4.74 Å². The van der Waals surface area contributed by atoms with Gasteiger partial charge in [0.25, 0.3) is 0 Å². The van der Waals surface area contributed by atoms with Gasteiger partial charge >= 0.3 is 0 Å². The number of nitrogens with zero attached hydrogens (tertiary/aromatic N) is 1. The number of nitrogens with two attached hydrogens (primary N) is 1. The third kappa shape index (κ3) is 6.36. The molecule has 1 saturated carbocycles. The van der Waals surface area contributed by atoms with Crippen molar-refractivity contribution in [2.24, 2.45) is 22.6 Å². The molecule has 2 rings (SSSR count). The maximum Gasteiger partial charge on any atom is 0.191 e. The fourth-order valence-electron chi connectivity index (χ4n) is 2.91. The largest absolute Gasteiger partial charge is 0.479 e. The second-order valence-corrected chi connectivity index (χ2v) is 6.87. The van der Waals surface area contributed by atoms with Crippen LogP contribution in [0.1, 0.15) is 46.5 Å². The molecule has 0 amide bonds. The summed E-state index contributed by atoms with van der Waals surface area (Å²) < 4.78 is 5.93. The van der Waals surface area contributed by atoms with E-state index in [1.165, 1.54) is 25.7 Å². The molecule has 4 heteroatoms. The number of ether oxygens (including phenoxy) is 1. The van der Waals surface area contributed by atoms with Crippen molar-refractivity contribution in [3.63, 3.8) is 0 Å². The van der Waals surface area contributed by atoms with Crippen molar-refractivity contribution in [3.8, 4) is 0 Å². The molecule has 0 saturated heterocycles. The molecule has 2 aliphatic rings. The van der Waals surface area contributed by atoms with Crippen molar-refractivity contribution in [2.45, 2.75) is 52.7 Å². The molecule has 0 aromatic carbocycles. The predicted molar refractivity (Wildman–Crippen MR) is 101 cm³/mol. The summed E-state index contributed by atoms with van der Waals surface area (Å²) in [7, 11) is 0. The summed E-state index contributed by atoms with van der Waals surface area (Å²) >= 11 is 0.